The van der Waals surface area contributed by atoms with Crippen molar-refractivity contribution in [2.45, 2.75) is 12.2 Å². The standard InChI is InChI=1S/C16H16ClF4N3/c1-24(2)14(10-3-5-12(18)6-4-10)9-23-15-13(17)7-11(8-22-15)16(19,20)21/h3-8,14H,9H2,1-2H3,(H,22,23). The van der Waals surface area contributed by atoms with Crippen molar-refractivity contribution in [3.05, 3.63) is 58.5 Å². The van der Waals surface area contributed by atoms with E-state index in [4.69, 9.17) is 11.6 Å². The highest BCUT2D eigenvalue weighted by molar-refractivity contribution is 6.32. The number of pyridine rings is 1. The maximum atomic E-state index is 13.0. The molecule has 24 heavy (non-hydrogen) atoms. The van der Waals surface area contributed by atoms with Crippen molar-refractivity contribution >= 4 is 17.4 Å². The fourth-order valence-electron chi connectivity index (χ4n) is 2.20. The quantitative estimate of drug-likeness (QED) is 0.788. The zero-order valence-electron chi connectivity index (χ0n) is 13.0. The molecule has 0 bridgehead atoms. The summed E-state index contributed by atoms with van der Waals surface area (Å²) in [6.45, 7) is 0.344. The molecule has 2 aromatic rings. The zero-order valence-corrected chi connectivity index (χ0v) is 13.8. The maximum absolute atomic E-state index is 13.0. The number of alkyl halides is 3. The van der Waals surface area contributed by atoms with Crippen LogP contribution in [0.2, 0.25) is 5.02 Å². The van der Waals surface area contributed by atoms with Gasteiger partial charge in [-0.1, -0.05) is 23.7 Å². The van der Waals surface area contributed by atoms with E-state index in [0.29, 0.717) is 6.54 Å². The fourth-order valence-corrected chi connectivity index (χ4v) is 2.43. The van der Waals surface area contributed by atoms with Crippen LogP contribution in [-0.4, -0.2) is 30.5 Å². The highest BCUT2D eigenvalue weighted by atomic mass is 35.5. The summed E-state index contributed by atoms with van der Waals surface area (Å²) in [6, 6.07) is 6.72. The molecule has 2 rings (SSSR count). The highest BCUT2D eigenvalue weighted by Crippen LogP contribution is 2.32. The van der Waals surface area contributed by atoms with E-state index >= 15 is 0 Å². The summed E-state index contributed by atoms with van der Waals surface area (Å²) >= 11 is 5.88. The Hall–Kier alpha value is -1.86. The van der Waals surface area contributed by atoms with E-state index in [1.165, 1.54) is 12.1 Å². The van der Waals surface area contributed by atoms with E-state index in [1.807, 2.05) is 19.0 Å². The zero-order chi connectivity index (χ0) is 17.9. The lowest BCUT2D eigenvalue weighted by Gasteiger charge is -2.25. The third kappa shape index (κ3) is 4.58. The van der Waals surface area contributed by atoms with Gasteiger partial charge >= 0.3 is 6.18 Å². The molecule has 8 heteroatoms. The second-order valence-corrected chi connectivity index (χ2v) is 5.87. The van der Waals surface area contributed by atoms with Crippen LogP contribution in [0.5, 0.6) is 0 Å². The largest absolute Gasteiger partial charge is 0.417 e. The van der Waals surface area contributed by atoms with Crippen molar-refractivity contribution in [3.63, 3.8) is 0 Å². The summed E-state index contributed by atoms with van der Waals surface area (Å²) in [4.78, 5) is 5.64. The molecule has 130 valence electrons. The second kappa shape index (κ2) is 7.36. The normalized spacial score (nSPS) is 13.2. The number of hydrogen-bond acceptors (Lipinski definition) is 3. The number of benzene rings is 1. The predicted molar refractivity (Wildman–Crippen MR) is 85.6 cm³/mol. The number of nitrogens with zero attached hydrogens (tertiary/aromatic N) is 2. The lowest BCUT2D eigenvalue weighted by Crippen LogP contribution is -2.27. The highest BCUT2D eigenvalue weighted by Gasteiger charge is 2.31. The van der Waals surface area contributed by atoms with Crippen molar-refractivity contribution in [3.8, 4) is 0 Å². The Labute approximate surface area is 142 Å². The van der Waals surface area contributed by atoms with Crippen LogP contribution in [0.25, 0.3) is 0 Å². The average molecular weight is 362 g/mol. The molecule has 1 unspecified atom stereocenters. The van der Waals surface area contributed by atoms with Crippen LogP contribution in [0.15, 0.2) is 36.5 Å². The van der Waals surface area contributed by atoms with Gasteiger partial charge in [0.15, 0.2) is 0 Å². The van der Waals surface area contributed by atoms with Crippen molar-refractivity contribution in [1.82, 2.24) is 9.88 Å². The van der Waals surface area contributed by atoms with Gasteiger partial charge in [0.2, 0.25) is 0 Å². The summed E-state index contributed by atoms with van der Waals surface area (Å²) in [5.41, 5.74) is -0.0438. The number of anilines is 1. The summed E-state index contributed by atoms with van der Waals surface area (Å²) in [7, 11) is 3.69. The number of aromatic nitrogens is 1. The molecule has 0 radical (unpaired) electrons. The molecule has 0 amide bonds. The Balaban J connectivity index is 2.14. The van der Waals surface area contributed by atoms with Gasteiger partial charge in [-0.05, 0) is 37.9 Å². The summed E-state index contributed by atoms with van der Waals surface area (Å²) in [5, 5.41) is 2.83. The number of likely N-dealkylation sites (N-methyl/N-ethyl adjacent to an activating group) is 1. The molecule has 0 saturated carbocycles. The van der Waals surface area contributed by atoms with Crippen molar-refractivity contribution < 1.29 is 17.6 Å². The van der Waals surface area contributed by atoms with Gasteiger partial charge < -0.3 is 10.2 Å². The van der Waals surface area contributed by atoms with Gasteiger partial charge in [0, 0.05) is 12.7 Å². The lowest BCUT2D eigenvalue weighted by molar-refractivity contribution is -0.137. The molecule has 1 heterocycles. The number of halogens is 5. The molecular weight excluding hydrogens is 346 g/mol. The van der Waals surface area contributed by atoms with Crippen molar-refractivity contribution in [2.24, 2.45) is 0 Å². The van der Waals surface area contributed by atoms with Gasteiger partial charge in [0.1, 0.15) is 11.6 Å². The Morgan fingerprint density at radius 2 is 1.83 bits per heavy atom. The van der Waals surface area contributed by atoms with Gasteiger partial charge in [0.05, 0.1) is 16.6 Å². The van der Waals surface area contributed by atoms with Crippen LogP contribution in [0, 0.1) is 5.82 Å². The Morgan fingerprint density at radius 1 is 1.21 bits per heavy atom. The van der Waals surface area contributed by atoms with Gasteiger partial charge in [-0.2, -0.15) is 13.2 Å². The first-order valence-corrected chi connectivity index (χ1v) is 7.45. The predicted octanol–water partition coefficient (Wildman–Crippen LogP) is 4.61. The number of rotatable bonds is 5. The fraction of sp³-hybridized carbons (Fsp3) is 0.312. The van der Waals surface area contributed by atoms with Gasteiger partial charge in [-0.3, -0.25) is 0 Å². The average Bonchev–Trinajstić information content (AvgIpc) is 2.49. The Kier molecular flexibility index (Phi) is 5.66. The van der Waals surface area contributed by atoms with Crippen molar-refractivity contribution in [1.29, 1.82) is 0 Å². The van der Waals surface area contributed by atoms with Crippen LogP contribution in [-0.2, 0) is 6.18 Å². The van der Waals surface area contributed by atoms with Crippen LogP contribution in [0.1, 0.15) is 17.2 Å². The van der Waals surface area contributed by atoms with E-state index in [2.05, 4.69) is 10.3 Å². The van der Waals surface area contributed by atoms with E-state index in [0.717, 1.165) is 17.8 Å². The Bertz CT molecular complexity index is 687. The molecule has 0 fully saturated rings. The first-order chi connectivity index (χ1) is 11.2. The molecule has 1 N–H and O–H groups in total. The summed E-state index contributed by atoms with van der Waals surface area (Å²) in [5.74, 6) is -0.171. The first kappa shape index (κ1) is 18.5. The molecule has 1 aromatic carbocycles. The molecular formula is C16H16ClF4N3. The number of nitrogens with one attached hydrogen (secondary N) is 1. The molecule has 0 aliphatic rings. The number of hydrogen-bond donors (Lipinski definition) is 1. The van der Waals surface area contributed by atoms with Gasteiger partial charge in [0.25, 0.3) is 0 Å². The topological polar surface area (TPSA) is 28.2 Å². The maximum Gasteiger partial charge on any atom is 0.417 e. The summed E-state index contributed by atoms with van der Waals surface area (Å²) < 4.78 is 50.9. The summed E-state index contributed by atoms with van der Waals surface area (Å²) in [6.07, 6.45) is -3.76. The molecule has 0 aliphatic carbocycles. The van der Waals surface area contributed by atoms with Crippen molar-refractivity contribution in [2.75, 3.05) is 26.0 Å². The minimum absolute atomic E-state index is 0.110. The van der Waals surface area contributed by atoms with E-state index in [-0.39, 0.29) is 22.7 Å². The molecule has 1 aromatic heterocycles. The molecule has 0 spiro atoms. The molecule has 0 aliphatic heterocycles. The van der Waals surface area contributed by atoms with Crippen LogP contribution in [0.4, 0.5) is 23.4 Å². The third-order valence-corrected chi connectivity index (χ3v) is 3.80. The first-order valence-electron chi connectivity index (χ1n) is 7.07. The van der Waals surface area contributed by atoms with Crippen LogP contribution < -0.4 is 5.32 Å². The minimum Gasteiger partial charge on any atom is -0.367 e. The molecule has 3 nitrogen and oxygen atoms in total. The van der Waals surface area contributed by atoms with E-state index in [9.17, 15) is 17.6 Å². The molecule has 1 atom stereocenters. The third-order valence-electron chi connectivity index (χ3n) is 3.51. The van der Waals surface area contributed by atoms with Crippen LogP contribution in [0.3, 0.4) is 0 Å². The SMILES string of the molecule is CN(C)C(CNc1ncc(C(F)(F)F)cc1Cl)c1ccc(F)cc1. The van der Waals surface area contributed by atoms with E-state index in [1.54, 1.807) is 12.1 Å². The van der Waals surface area contributed by atoms with E-state index < -0.39 is 11.7 Å². The second-order valence-electron chi connectivity index (χ2n) is 5.46. The minimum atomic E-state index is -4.49. The van der Waals surface area contributed by atoms with Gasteiger partial charge in [-0.25, -0.2) is 9.37 Å². The van der Waals surface area contributed by atoms with Crippen LogP contribution >= 0.6 is 11.6 Å². The molecule has 0 saturated heterocycles. The smallest absolute Gasteiger partial charge is 0.367 e. The van der Waals surface area contributed by atoms with Gasteiger partial charge in [-0.15, -0.1) is 0 Å². The monoisotopic (exact) mass is 361 g/mol. The Morgan fingerprint density at radius 3 is 2.33 bits per heavy atom. The lowest BCUT2D eigenvalue weighted by atomic mass is 10.1.